The van der Waals surface area contributed by atoms with Crippen molar-refractivity contribution in [1.82, 2.24) is 14.4 Å². The van der Waals surface area contributed by atoms with Gasteiger partial charge in [0, 0.05) is 4.88 Å². The van der Waals surface area contributed by atoms with Crippen LogP contribution in [-0.2, 0) is 29.4 Å². The average Bonchev–Trinajstić information content (AvgIpc) is 3.02. The molecule has 3 aromatic rings. The van der Waals surface area contributed by atoms with Crippen LogP contribution >= 0.6 is 11.3 Å². The average molecular weight is 390 g/mol. The minimum absolute atomic E-state index is 0.151. The monoisotopic (exact) mass is 390 g/mol. The van der Waals surface area contributed by atoms with Crippen LogP contribution in [0.15, 0.2) is 40.0 Å². The summed E-state index contributed by atoms with van der Waals surface area (Å²) in [6, 6.07) is 8.04. The van der Waals surface area contributed by atoms with Crippen LogP contribution < -0.4 is 16.1 Å². The standard InChI is InChI=1S/C17H18N4O3S2/c18-21-14(10-19-26(23,24)11-6-2-1-3-7-11)20-16-15(17(21)22)12-8-4-5-9-13(12)25-16/h1-3,6-7,19H,4-5,8-10,18H2. The molecule has 0 unspecified atom stereocenters. The van der Waals surface area contributed by atoms with Gasteiger partial charge in [0.1, 0.15) is 10.7 Å². The molecule has 4 rings (SSSR count). The number of thiophene rings is 1. The number of hydrogen-bond donors (Lipinski definition) is 2. The van der Waals surface area contributed by atoms with Gasteiger partial charge in [-0.1, -0.05) is 18.2 Å². The van der Waals surface area contributed by atoms with E-state index in [9.17, 15) is 13.2 Å². The van der Waals surface area contributed by atoms with E-state index in [1.54, 1.807) is 18.2 Å². The lowest BCUT2D eigenvalue weighted by atomic mass is 9.97. The molecule has 26 heavy (non-hydrogen) atoms. The highest BCUT2D eigenvalue weighted by Crippen LogP contribution is 2.33. The summed E-state index contributed by atoms with van der Waals surface area (Å²) in [7, 11) is -3.70. The summed E-state index contributed by atoms with van der Waals surface area (Å²) in [5, 5.41) is 0.585. The second-order valence-electron chi connectivity index (χ2n) is 6.23. The van der Waals surface area contributed by atoms with Crippen molar-refractivity contribution in [1.29, 1.82) is 0 Å². The van der Waals surface area contributed by atoms with Crippen LogP contribution in [0.3, 0.4) is 0 Å². The van der Waals surface area contributed by atoms with Gasteiger partial charge < -0.3 is 5.84 Å². The maximum atomic E-state index is 12.7. The van der Waals surface area contributed by atoms with E-state index in [2.05, 4.69) is 9.71 Å². The molecule has 0 saturated carbocycles. The molecule has 0 amide bonds. The van der Waals surface area contributed by atoms with E-state index in [1.807, 2.05) is 0 Å². The first-order chi connectivity index (χ1) is 12.5. The van der Waals surface area contributed by atoms with Crippen LogP contribution in [0.1, 0.15) is 29.1 Å². The molecule has 0 aliphatic heterocycles. The van der Waals surface area contributed by atoms with Crippen LogP contribution in [-0.4, -0.2) is 18.1 Å². The number of nitrogen functional groups attached to an aromatic ring is 1. The molecule has 9 heteroatoms. The predicted molar refractivity (Wildman–Crippen MR) is 101 cm³/mol. The number of hydrogen-bond acceptors (Lipinski definition) is 6. The van der Waals surface area contributed by atoms with Gasteiger partial charge in [0.05, 0.1) is 16.8 Å². The molecule has 0 bridgehead atoms. The van der Waals surface area contributed by atoms with Gasteiger partial charge in [0.15, 0.2) is 0 Å². The van der Waals surface area contributed by atoms with Crippen molar-refractivity contribution < 1.29 is 8.42 Å². The fourth-order valence-corrected chi connectivity index (χ4v) is 5.50. The second-order valence-corrected chi connectivity index (χ2v) is 9.08. The second kappa shape index (κ2) is 6.49. The summed E-state index contributed by atoms with van der Waals surface area (Å²) in [4.78, 5) is 19.2. The van der Waals surface area contributed by atoms with Gasteiger partial charge in [-0.05, 0) is 43.4 Å². The van der Waals surface area contributed by atoms with Crippen molar-refractivity contribution in [2.75, 3.05) is 5.84 Å². The van der Waals surface area contributed by atoms with Crippen LogP contribution in [0.5, 0.6) is 0 Å². The molecule has 1 aromatic carbocycles. The van der Waals surface area contributed by atoms with E-state index in [0.29, 0.717) is 10.2 Å². The number of benzene rings is 1. The number of nitrogens with zero attached hydrogens (tertiary/aromatic N) is 2. The number of aryl methyl sites for hydroxylation is 2. The molecule has 0 radical (unpaired) electrons. The van der Waals surface area contributed by atoms with Crippen molar-refractivity contribution in [2.45, 2.75) is 37.1 Å². The summed E-state index contributed by atoms with van der Waals surface area (Å²) >= 11 is 1.51. The minimum atomic E-state index is -3.70. The summed E-state index contributed by atoms with van der Waals surface area (Å²) in [5.41, 5.74) is 0.743. The Balaban J connectivity index is 1.69. The zero-order chi connectivity index (χ0) is 18.3. The van der Waals surface area contributed by atoms with Crippen LogP contribution in [0.4, 0.5) is 0 Å². The molecule has 0 spiro atoms. The normalized spacial score (nSPS) is 14.5. The third kappa shape index (κ3) is 2.91. The first-order valence-electron chi connectivity index (χ1n) is 8.33. The van der Waals surface area contributed by atoms with E-state index < -0.39 is 10.0 Å². The summed E-state index contributed by atoms with van der Waals surface area (Å²) in [5.74, 6) is 6.12. The molecule has 7 nitrogen and oxygen atoms in total. The molecule has 2 heterocycles. The third-order valence-corrected chi connectivity index (χ3v) is 7.17. The Morgan fingerprint density at radius 1 is 1.19 bits per heavy atom. The lowest BCUT2D eigenvalue weighted by Gasteiger charge is -2.11. The molecule has 3 N–H and O–H groups in total. The topological polar surface area (TPSA) is 107 Å². The van der Waals surface area contributed by atoms with Crippen molar-refractivity contribution in [3.05, 3.63) is 57.0 Å². The molecule has 136 valence electrons. The first kappa shape index (κ1) is 17.2. The van der Waals surface area contributed by atoms with Gasteiger partial charge in [-0.15, -0.1) is 11.3 Å². The van der Waals surface area contributed by atoms with Gasteiger partial charge in [-0.3, -0.25) is 4.79 Å². The third-order valence-electron chi connectivity index (χ3n) is 4.57. The Morgan fingerprint density at radius 3 is 2.69 bits per heavy atom. The highest BCUT2D eigenvalue weighted by molar-refractivity contribution is 7.89. The number of aromatic nitrogens is 2. The largest absolute Gasteiger partial charge is 0.335 e. The van der Waals surface area contributed by atoms with E-state index in [-0.39, 0.29) is 22.8 Å². The maximum Gasteiger partial charge on any atom is 0.280 e. The Bertz CT molecular complexity index is 1130. The fourth-order valence-electron chi connectivity index (χ4n) is 3.23. The summed E-state index contributed by atoms with van der Waals surface area (Å²) < 4.78 is 28.1. The quantitative estimate of drug-likeness (QED) is 0.657. The Kier molecular flexibility index (Phi) is 4.29. The molecule has 0 saturated heterocycles. The van der Waals surface area contributed by atoms with Gasteiger partial charge >= 0.3 is 0 Å². The van der Waals surface area contributed by atoms with E-state index in [1.165, 1.54) is 28.3 Å². The summed E-state index contributed by atoms with van der Waals surface area (Å²) in [6.07, 6.45) is 3.99. The van der Waals surface area contributed by atoms with E-state index in [4.69, 9.17) is 5.84 Å². The van der Waals surface area contributed by atoms with Crippen molar-refractivity contribution in [3.8, 4) is 0 Å². The number of rotatable bonds is 4. The zero-order valence-electron chi connectivity index (χ0n) is 13.9. The molecule has 2 aromatic heterocycles. The lowest BCUT2D eigenvalue weighted by molar-refractivity contribution is 0.577. The van der Waals surface area contributed by atoms with Crippen molar-refractivity contribution in [2.24, 2.45) is 0 Å². The SMILES string of the molecule is Nn1c(CNS(=O)(=O)c2ccccc2)nc2sc3c(c2c1=O)CCCC3. The van der Waals surface area contributed by atoms with Gasteiger partial charge in [-0.2, -0.15) is 0 Å². The molecular weight excluding hydrogens is 372 g/mol. The number of sulfonamides is 1. The Labute approximate surface area is 154 Å². The maximum absolute atomic E-state index is 12.7. The Hall–Kier alpha value is -2.23. The van der Waals surface area contributed by atoms with Crippen molar-refractivity contribution in [3.63, 3.8) is 0 Å². The zero-order valence-corrected chi connectivity index (χ0v) is 15.6. The van der Waals surface area contributed by atoms with Gasteiger partial charge in [-0.25, -0.2) is 22.8 Å². The molecule has 0 atom stereocenters. The first-order valence-corrected chi connectivity index (χ1v) is 10.6. The van der Waals surface area contributed by atoms with Gasteiger partial charge in [0.2, 0.25) is 10.0 Å². The van der Waals surface area contributed by atoms with Crippen LogP contribution in [0.25, 0.3) is 10.2 Å². The highest BCUT2D eigenvalue weighted by atomic mass is 32.2. The number of fused-ring (bicyclic) bond motifs is 3. The van der Waals surface area contributed by atoms with Crippen LogP contribution in [0, 0.1) is 0 Å². The van der Waals surface area contributed by atoms with Crippen LogP contribution in [0.2, 0.25) is 0 Å². The fraction of sp³-hybridized carbons (Fsp3) is 0.294. The molecule has 1 aliphatic carbocycles. The van der Waals surface area contributed by atoms with Gasteiger partial charge in [0.25, 0.3) is 5.56 Å². The number of nitrogens with one attached hydrogen (secondary N) is 1. The lowest BCUT2D eigenvalue weighted by Crippen LogP contribution is -2.35. The van der Waals surface area contributed by atoms with E-state index in [0.717, 1.165) is 35.9 Å². The molecular formula is C17H18N4O3S2. The van der Waals surface area contributed by atoms with Crippen molar-refractivity contribution >= 4 is 31.6 Å². The number of nitrogens with two attached hydrogens (primary N) is 1. The highest BCUT2D eigenvalue weighted by Gasteiger charge is 2.22. The minimum Gasteiger partial charge on any atom is -0.335 e. The molecule has 0 fully saturated rings. The summed E-state index contributed by atoms with van der Waals surface area (Å²) in [6.45, 7) is -0.151. The Morgan fingerprint density at radius 2 is 1.92 bits per heavy atom. The predicted octanol–water partition coefficient (Wildman–Crippen LogP) is 1.53. The smallest absolute Gasteiger partial charge is 0.280 e. The van der Waals surface area contributed by atoms with E-state index >= 15 is 0 Å². The molecule has 1 aliphatic rings.